The van der Waals surface area contributed by atoms with E-state index in [2.05, 4.69) is 0 Å². The van der Waals surface area contributed by atoms with Crippen LogP contribution in [0.4, 0.5) is 4.79 Å². The molecular formula is C23H14Cl2O9. The lowest BCUT2D eigenvalue weighted by Crippen LogP contribution is -2.33. The van der Waals surface area contributed by atoms with Crippen molar-refractivity contribution in [2.24, 2.45) is 0 Å². The molecular weight excluding hydrogens is 491 g/mol. The van der Waals surface area contributed by atoms with Gasteiger partial charge in [-0.2, -0.15) is 0 Å². The number of fused-ring (bicyclic) bond motifs is 6. The van der Waals surface area contributed by atoms with Gasteiger partial charge in [0.05, 0.1) is 30.9 Å². The van der Waals surface area contributed by atoms with Crippen molar-refractivity contribution in [3.8, 4) is 34.5 Å². The SMILES string of the molecule is COc1cc2c(c(Cl)c1O)Oc1c(cc(OC)c(OC(=O)O)c1Cl)C21OC(=O)c2ccccc21. The molecule has 0 radical (unpaired) electrons. The van der Waals surface area contributed by atoms with E-state index in [1.807, 2.05) is 0 Å². The Labute approximate surface area is 201 Å². The average molecular weight is 505 g/mol. The summed E-state index contributed by atoms with van der Waals surface area (Å²) < 4.78 is 27.4. The van der Waals surface area contributed by atoms with E-state index in [4.69, 9.17) is 52.0 Å². The van der Waals surface area contributed by atoms with Gasteiger partial charge in [0.25, 0.3) is 0 Å². The molecule has 0 fully saturated rings. The first-order chi connectivity index (χ1) is 16.2. The minimum absolute atomic E-state index is 0.0134. The Hall–Kier alpha value is -3.82. The van der Waals surface area contributed by atoms with Crippen LogP contribution in [-0.4, -0.2) is 36.6 Å². The predicted molar refractivity (Wildman–Crippen MR) is 118 cm³/mol. The van der Waals surface area contributed by atoms with Crippen molar-refractivity contribution in [3.05, 3.63) is 68.7 Å². The van der Waals surface area contributed by atoms with E-state index >= 15 is 0 Å². The minimum atomic E-state index is -1.64. The zero-order valence-corrected chi connectivity index (χ0v) is 19.0. The Kier molecular flexibility index (Phi) is 4.92. The van der Waals surface area contributed by atoms with Crippen molar-refractivity contribution >= 4 is 35.3 Å². The fourth-order valence-corrected chi connectivity index (χ4v) is 4.77. The van der Waals surface area contributed by atoms with Crippen molar-refractivity contribution in [2.45, 2.75) is 5.60 Å². The number of rotatable bonds is 3. The van der Waals surface area contributed by atoms with Crippen LogP contribution in [-0.2, 0) is 10.3 Å². The van der Waals surface area contributed by atoms with Crippen molar-refractivity contribution < 1.29 is 43.5 Å². The number of halogens is 2. The number of hydrogen-bond acceptors (Lipinski definition) is 8. The number of carbonyl (C=O) groups is 2. The second-order valence-electron chi connectivity index (χ2n) is 7.30. The zero-order valence-electron chi connectivity index (χ0n) is 17.5. The highest BCUT2D eigenvalue weighted by molar-refractivity contribution is 6.35. The van der Waals surface area contributed by atoms with Gasteiger partial charge in [-0.3, -0.25) is 0 Å². The second-order valence-corrected chi connectivity index (χ2v) is 8.06. The number of aromatic hydroxyl groups is 1. The summed E-state index contributed by atoms with van der Waals surface area (Å²) in [6.07, 6.45) is -1.64. The molecule has 0 saturated heterocycles. The highest BCUT2D eigenvalue weighted by atomic mass is 35.5. The summed E-state index contributed by atoms with van der Waals surface area (Å²) in [5, 5.41) is 19.2. The fraction of sp³-hybridized carbons (Fsp3) is 0.130. The molecule has 9 nitrogen and oxygen atoms in total. The van der Waals surface area contributed by atoms with Crippen molar-refractivity contribution in [3.63, 3.8) is 0 Å². The fourth-order valence-electron chi connectivity index (χ4n) is 4.27. The van der Waals surface area contributed by atoms with E-state index < -0.39 is 23.5 Å². The van der Waals surface area contributed by atoms with Gasteiger partial charge in [-0.25, -0.2) is 9.59 Å². The molecule has 5 rings (SSSR count). The number of ether oxygens (including phenoxy) is 5. The summed E-state index contributed by atoms with van der Waals surface area (Å²) in [6, 6.07) is 9.54. The van der Waals surface area contributed by atoms with E-state index in [9.17, 15) is 14.7 Å². The largest absolute Gasteiger partial charge is 0.511 e. The van der Waals surface area contributed by atoms with Crippen molar-refractivity contribution in [2.75, 3.05) is 14.2 Å². The van der Waals surface area contributed by atoms with Crippen LogP contribution in [0.25, 0.3) is 0 Å². The summed E-state index contributed by atoms with van der Waals surface area (Å²) in [5.74, 6) is -1.56. The lowest BCUT2D eigenvalue weighted by atomic mass is 9.77. The summed E-state index contributed by atoms with van der Waals surface area (Å²) in [4.78, 5) is 24.2. The molecule has 0 bridgehead atoms. The van der Waals surface area contributed by atoms with Gasteiger partial charge >= 0.3 is 12.1 Å². The van der Waals surface area contributed by atoms with Crippen LogP contribution in [0.3, 0.4) is 0 Å². The molecule has 174 valence electrons. The first-order valence-corrected chi connectivity index (χ1v) is 10.4. The molecule has 2 aliphatic heterocycles. The van der Waals surface area contributed by atoms with Crippen LogP contribution in [0, 0.1) is 0 Å². The Morgan fingerprint density at radius 2 is 1.59 bits per heavy atom. The summed E-state index contributed by atoms with van der Waals surface area (Å²) >= 11 is 13.0. The Morgan fingerprint density at radius 3 is 2.24 bits per heavy atom. The molecule has 0 aliphatic carbocycles. The maximum absolute atomic E-state index is 13.0. The highest BCUT2D eigenvalue weighted by Crippen LogP contribution is 2.63. The predicted octanol–water partition coefficient (Wildman–Crippen LogP) is 5.34. The Balaban J connectivity index is 1.94. The van der Waals surface area contributed by atoms with Gasteiger partial charge in [-0.1, -0.05) is 41.4 Å². The molecule has 1 unspecified atom stereocenters. The molecule has 0 saturated carbocycles. The number of benzene rings is 3. The summed E-state index contributed by atoms with van der Waals surface area (Å²) in [5.41, 5.74) is -0.436. The van der Waals surface area contributed by atoms with Crippen LogP contribution in [0.1, 0.15) is 27.0 Å². The molecule has 0 aromatic heterocycles. The molecule has 0 amide bonds. The van der Waals surface area contributed by atoms with Gasteiger partial charge in [-0.05, 0) is 18.2 Å². The summed E-state index contributed by atoms with van der Waals surface area (Å²) in [7, 11) is 2.63. The van der Waals surface area contributed by atoms with Gasteiger partial charge in [0, 0.05) is 5.56 Å². The van der Waals surface area contributed by atoms with Gasteiger partial charge in [0.15, 0.2) is 40.1 Å². The molecule has 3 aromatic rings. The molecule has 2 heterocycles. The Morgan fingerprint density at radius 1 is 0.971 bits per heavy atom. The maximum atomic E-state index is 13.0. The van der Waals surface area contributed by atoms with Crippen molar-refractivity contribution in [1.82, 2.24) is 0 Å². The van der Waals surface area contributed by atoms with E-state index in [1.54, 1.807) is 24.3 Å². The standard InChI is InChI=1S/C23H14Cl2O9/c1-30-13-7-11-18(15(24)17(13)26)32-19-12(8-14(31-2)20(16(19)25)33-22(28)29)23(11)10-6-4-3-5-9(10)21(27)34-23/h3-8,26H,1-2H3,(H,28,29). The molecule has 34 heavy (non-hydrogen) atoms. The van der Waals surface area contributed by atoms with E-state index in [1.165, 1.54) is 26.4 Å². The van der Waals surface area contributed by atoms with E-state index in [0.717, 1.165) is 0 Å². The first-order valence-electron chi connectivity index (χ1n) is 9.66. The highest BCUT2D eigenvalue weighted by Gasteiger charge is 2.55. The third-order valence-corrected chi connectivity index (χ3v) is 6.36. The minimum Gasteiger partial charge on any atom is -0.503 e. The maximum Gasteiger partial charge on any atom is 0.511 e. The van der Waals surface area contributed by atoms with Gasteiger partial charge in [-0.15, -0.1) is 0 Å². The van der Waals surface area contributed by atoms with E-state index in [0.29, 0.717) is 5.56 Å². The molecule has 1 atom stereocenters. The molecule has 2 N–H and O–H groups in total. The van der Waals surface area contributed by atoms with Crippen LogP contribution < -0.4 is 18.9 Å². The van der Waals surface area contributed by atoms with Crippen LogP contribution in [0.5, 0.6) is 34.5 Å². The number of phenols is 1. The zero-order chi connectivity index (χ0) is 24.4. The van der Waals surface area contributed by atoms with Crippen molar-refractivity contribution in [1.29, 1.82) is 0 Å². The average Bonchev–Trinajstić information content (AvgIpc) is 3.11. The van der Waals surface area contributed by atoms with E-state index in [-0.39, 0.29) is 55.5 Å². The summed E-state index contributed by atoms with van der Waals surface area (Å²) in [6.45, 7) is 0. The van der Waals surface area contributed by atoms with Gasteiger partial charge in [0.2, 0.25) is 0 Å². The molecule has 1 spiro atoms. The number of carbonyl (C=O) groups excluding carboxylic acids is 1. The van der Waals surface area contributed by atoms with Crippen LogP contribution in [0.2, 0.25) is 10.0 Å². The number of esters is 1. The number of carboxylic acid groups (broad SMARTS) is 1. The number of phenolic OH excluding ortho intramolecular Hbond substituents is 1. The third-order valence-electron chi connectivity index (χ3n) is 5.67. The topological polar surface area (TPSA) is 121 Å². The molecule has 3 aromatic carbocycles. The lowest BCUT2D eigenvalue weighted by molar-refractivity contribution is 0.0222. The monoisotopic (exact) mass is 504 g/mol. The van der Waals surface area contributed by atoms with Gasteiger partial charge in [0.1, 0.15) is 10.0 Å². The number of hydrogen-bond donors (Lipinski definition) is 2. The Bertz CT molecular complexity index is 1400. The van der Waals surface area contributed by atoms with Crippen LogP contribution >= 0.6 is 23.2 Å². The molecule has 11 heteroatoms. The normalized spacial score (nSPS) is 17.2. The van der Waals surface area contributed by atoms with Crippen LogP contribution in [0.15, 0.2) is 36.4 Å². The molecule has 2 aliphatic rings. The number of methoxy groups -OCH3 is 2. The smallest absolute Gasteiger partial charge is 0.503 e. The van der Waals surface area contributed by atoms with Gasteiger partial charge < -0.3 is 33.9 Å². The quantitative estimate of drug-likeness (QED) is 0.359. The first kappa shape index (κ1) is 22.0. The second kappa shape index (κ2) is 7.61. The lowest BCUT2D eigenvalue weighted by Gasteiger charge is -2.37. The third kappa shape index (κ3) is 2.80.